The Bertz CT molecular complexity index is 363. The van der Waals surface area contributed by atoms with Gasteiger partial charge in [0, 0.05) is 17.1 Å². The lowest BCUT2D eigenvalue weighted by atomic mass is 9.98. The van der Waals surface area contributed by atoms with E-state index in [0.29, 0.717) is 0 Å². The van der Waals surface area contributed by atoms with Crippen LogP contribution in [0.15, 0.2) is 16.6 Å². The van der Waals surface area contributed by atoms with Crippen LogP contribution in [-0.2, 0) is 0 Å². The van der Waals surface area contributed by atoms with E-state index >= 15 is 0 Å². The number of nitrogens with zero attached hydrogens (tertiary/aromatic N) is 1. The van der Waals surface area contributed by atoms with Crippen molar-refractivity contribution in [3.05, 3.63) is 33.3 Å². The number of halogens is 1. The van der Waals surface area contributed by atoms with Crippen LogP contribution in [0.2, 0.25) is 0 Å². The number of aliphatic hydroxyl groups is 1. The molecule has 0 saturated carbocycles. The molecule has 1 atom stereocenters. The van der Waals surface area contributed by atoms with Crippen LogP contribution in [0.25, 0.3) is 0 Å². The molecule has 0 aliphatic heterocycles. The van der Waals surface area contributed by atoms with E-state index in [1.807, 2.05) is 14.1 Å². The van der Waals surface area contributed by atoms with Gasteiger partial charge in [0.25, 0.3) is 0 Å². The summed E-state index contributed by atoms with van der Waals surface area (Å²) < 4.78 is 1.13. The van der Waals surface area contributed by atoms with Crippen LogP contribution < -0.4 is 0 Å². The van der Waals surface area contributed by atoms with Gasteiger partial charge in [-0.25, -0.2) is 0 Å². The van der Waals surface area contributed by atoms with Gasteiger partial charge in [0.05, 0.1) is 0 Å². The SMILES string of the molecule is Cc1cc(Br)c(C(CCO)N(C)C)cc1C. The van der Waals surface area contributed by atoms with E-state index in [9.17, 15) is 0 Å². The zero-order chi connectivity index (χ0) is 12.3. The van der Waals surface area contributed by atoms with Crippen molar-refractivity contribution in [1.29, 1.82) is 0 Å². The average Bonchev–Trinajstić information content (AvgIpc) is 2.20. The Morgan fingerprint density at radius 1 is 1.25 bits per heavy atom. The van der Waals surface area contributed by atoms with E-state index in [1.165, 1.54) is 16.7 Å². The molecule has 0 aromatic heterocycles. The first kappa shape index (κ1) is 13.7. The fourth-order valence-corrected chi connectivity index (χ4v) is 2.59. The molecule has 16 heavy (non-hydrogen) atoms. The van der Waals surface area contributed by atoms with Gasteiger partial charge in [0.2, 0.25) is 0 Å². The molecule has 0 bridgehead atoms. The molecule has 0 amide bonds. The summed E-state index contributed by atoms with van der Waals surface area (Å²) in [6.07, 6.45) is 0.758. The number of aryl methyl sites for hydroxylation is 2. The zero-order valence-electron chi connectivity index (χ0n) is 10.4. The molecule has 1 aromatic carbocycles. The van der Waals surface area contributed by atoms with Crippen molar-refractivity contribution in [3.8, 4) is 0 Å². The Balaban J connectivity index is 3.13. The van der Waals surface area contributed by atoms with Crippen molar-refractivity contribution in [2.45, 2.75) is 26.3 Å². The minimum Gasteiger partial charge on any atom is -0.396 e. The van der Waals surface area contributed by atoms with Crippen LogP contribution in [0.4, 0.5) is 0 Å². The number of aliphatic hydroxyl groups excluding tert-OH is 1. The third kappa shape index (κ3) is 3.06. The van der Waals surface area contributed by atoms with Gasteiger partial charge in [0.15, 0.2) is 0 Å². The first-order chi connectivity index (χ1) is 7.47. The highest BCUT2D eigenvalue weighted by atomic mass is 79.9. The smallest absolute Gasteiger partial charge is 0.0449 e. The Morgan fingerprint density at radius 2 is 1.81 bits per heavy atom. The quantitative estimate of drug-likeness (QED) is 0.919. The lowest BCUT2D eigenvalue weighted by Crippen LogP contribution is -2.21. The van der Waals surface area contributed by atoms with Crippen molar-refractivity contribution < 1.29 is 5.11 Å². The Hall–Kier alpha value is -0.380. The van der Waals surface area contributed by atoms with Crippen molar-refractivity contribution in [1.82, 2.24) is 4.90 Å². The van der Waals surface area contributed by atoms with Crippen molar-refractivity contribution in [2.75, 3.05) is 20.7 Å². The second kappa shape index (κ2) is 5.80. The minimum absolute atomic E-state index is 0.211. The van der Waals surface area contributed by atoms with E-state index < -0.39 is 0 Å². The molecule has 3 heteroatoms. The Morgan fingerprint density at radius 3 is 2.31 bits per heavy atom. The van der Waals surface area contributed by atoms with Gasteiger partial charge in [-0.1, -0.05) is 22.0 Å². The molecule has 90 valence electrons. The van der Waals surface area contributed by atoms with Gasteiger partial charge in [-0.3, -0.25) is 0 Å². The van der Waals surface area contributed by atoms with Crippen LogP contribution in [-0.4, -0.2) is 30.7 Å². The molecule has 1 N–H and O–H groups in total. The number of hydrogen-bond donors (Lipinski definition) is 1. The van der Waals surface area contributed by atoms with E-state index in [-0.39, 0.29) is 12.6 Å². The third-order valence-corrected chi connectivity index (χ3v) is 3.68. The molecule has 1 unspecified atom stereocenters. The van der Waals surface area contributed by atoms with Crippen LogP contribution in [0.1, 0.15) is 29.2 Å². The van der Waals surface area contributed by atoms with E-state index in [4.69, 9.17) is 5.11 Å². The molecule has 1 rings (SSSR count). The van der Waals surface area contributed by atoms with Gasteiger partial charge >= 0.3 is 0 Å². The fraction of sp³-hybridized carbons (Fsp3) is 0.538. The largest absolute Gasteiger partial charge is 0.396 e. The first-order valence-corrected chi connectivity index (χ1v) is 6.30. The summed E-state index contributed by atoms with van der Waals surface area (Å²) in [5, 5.41) is 9.12. The summed E-state index contributed by atoms with van der Waals surface area (Å²) in [5.74, 6) is 0. The van der Waals surface area contributed by atoms with Crippen LogP contribution in [0, 0.1) is 13.8 Å². The predicted octanol–water partition coefficient (Wildman–Crippen LogP) is 3.05. The Labute approximate surface area is 106 Å². The van der Waals surface area contributed by atoms with Crippen LogP contribution in [0.3, 0.4) is 0 Å². The van der Waals surface area contributed by atoms with E-state index in [1.54, 1.807) is 0 Å². The van der Waals surface area contributed by atoms with Crippen molar-refractivity contribution in [2.24, 2.45) is 0 Å². The highest BCUT2D eigenvalue weighted by Crippen LogP contribution is 2.31. The molecule has 0 aliphatic carbocycles. The number of hydrogen-bond acceptors (Lipinski definition) is 2. The van der Waals surface area contributed by atoms with E-state index in [0.717, 1.165) is 10.9 Å². The first-order valence-electron chi connectivity index (χ1n) is 5.51. The molecular formula is C13H20BrNO. The second-order valence-electron chi connectivity index (χ2n) is 4.45. The van der Waals surface area contributed by atoms with Gasteiger partial charge in [0.1, 0.15) is 0 Å². The molecular weight excluding hydrogens is 266 g/mol. The van der Waals surface area contributed by atoms with Crippen molar-refractivity contribution >= 4 is 15.9 Å². The standard InChI is InChI=1S/C13H20BrNO/c1-9-7-11(12(14)8-10(9)2)13(5-6-16)15(3)4/h7-8,13,16H,5-6H2,1-4H3. The minimum atomic E-state index is 0.211. The van der Waals surface area contributed by atoms with E-state index in [2.05, 4.69) is 46.8 Å². The van der Waals surface area contributed by atoms with Gasteiger partial charge in [-0.15, -0.1) is 0 Å². The number of benzene rings is 1. The lowest BCUT2D eigenvalue weighted by molar-refractivity contribution is 0.210. The Kier molecular flexibility index (Phi) is 4.96. The van der Waals surface area contributed by atoms with Gasteiger partial charge < -0.3 is 10.0 Å². The molecule has 0 fully saturated rings. The molecule has 0 spiro atoms. The molecule has 0 heterocycles. The summed E-state index contributed by atoms with van der Waals surface area (Å²) in [6.45, 7) is 4.44. The van der Waals surface area contributed by atoms with Crippen molar-refractivity contribution in [3.63, 3.8) is 0 Å². The fourth-order valence-electron chi connectivity index (χ4n) is 1.87. The maximum atomic E-state index is 9.12. The summed E-state index contributed by atoms with van der Waals surface area (Å²) in [4.78, 5) is 2.14. The second-order valence-corrected chi connectivity index (χ2v) is 5.30. The monoisotopic (exact) mass is 285 g/mol. The summed E-state index contributed by atoms with van der Waals surface area (Å²) in [6, 6.07) is 4.62. The summed E-state index contributed by atoms with van der Waals surface area (Å²) in [5.41, 5.74) is 3.84. The molecule has 2 nitrogen and oxygen atoms in total. The average molecular weight is 286 g/mol. The predicted molar refractivity (Wildman–Crippen MR) is 71.7 cm³/mol. The van der Waals surface area contributed by atoms with Crippen LogP contribution in [0.5, 0.6) is 0 Å². The van der Waals surface area contributed by atoms with Crippen LogP contribution >= 0.6 is 15.9 Å². The summed E-state index contributed by atoms with van der Waals surface area (Å²) in [7, 11) is 4.09. The zero-order valence-corrected chi connectivity index (χ0v) is 12.0. The third-order valence-electron chi connectivity index (χ3n) is 3.00. The highest BCUT2D eigenvalue weighted by Gasteiger charge is 2.17. The number of rotatable bonds is 4. The highest BCUT2D eigenvalue weighted by molar-refractivity contribution is 9.10. The van der Waals surface area contributed by atoms with Gasteiger partial charge in [-0.2, -0.15) is 0 Å². The summed E-state index contributed by atoms with van der Waals surface area (Å²) >= 11 is 3.61. The molecule has 1 aromatic rings. The van der Waals surface area contributed by atoms with Gasteiger partial charge in [-0.05, 0) is 57.1 Å². The maximum Gasteiger partial charge on any atom is 0.0449 e. The maximum absolute atomic E-state index is 9.12. The topological polar surface area (TPSA) is 23.5 Å². The lowest BCUT2D eigenvalue weighted by Gasteiger charge is -2.26. The normalized spacial score (nSPS) is 13.2. The molecule has 0 saturated heterocycles. The molecule has 0 aliphatic rings. The molecule has 0 radical (unpaired) electrons.